The van der Waals surface area contributed by atoms with E-state index in [1.807, 2.05) is 17.8 Å². The molecule has 0 amide bonds. The molecule has 0 aromatic carbocycles. The van der Waals surface area contributed by atoms with Gasteiger partial charge >= 0.3 is 51.4 Å². The van der Waals surface area contributed by atoms with E-state index in [0.717, 1.165) is 0 Å². The van der Waals surface area contributed by atoms with Gasteiger partial charge in [-0.1, -0.05) is 0 Å². The summed E-state index contributed by atoms with van der Waals surface area (Å²) in [6.45, 7) is 0. The number of hydrogen-bond donors (Lipinski definition) is 0. The van der Waals surface area contributed by atoms with E-state index in [1.54, 1.807) is 12.5 Å². The van der Waals surface area contributed by atoms with E-state index >= 15 is 0 Å². The third-order valence-corrected chi connectivity index (χ3v) is 0.637. The number of nitrogens with zero attached hydrogens (tertiary/aromatic N) is 2. The van der Waals surface area contributed by atoms with Crippen molar-refractivity contribution in [3.63, 3.8) is 0 Å². The molecule has 1 N–H and O–H groups in total. The molecule has 3 nitrogen and oxygen atoms in total. The molecule has 0 atom stereocenters. The van der Waals surface area contributed by atoms with E-state index in [0.29, 0.717) is 0 Å². The van der Waals surface area contributed by atoms with Gasteiger partial charge in [-0.2, -0.15) is 0 Å². The Bertz CT molecular complexity index is 118. The fourth-order valence-electron chi connectivity index (χ4n) is 0.326. The summed E-state index contributed by atoms with van der Waals surface area (Å²) in [6, 6.07) is 0. The molecule has 0 saturated heterocycles. The topological polar surface area (TPSA) is 47.8 Å². The Hall–Kier alpha value is 0.806. The summed E-state index contributed by atoms with van der Waals surface area (Å²) in [5, 5.41) is 0. The van der Waals surface area contributed by atoms with Gasteiger partial charge in [-0.05, 0) is 0 Å². The SMILES string of the molecule is Cn1ccnc1.[K+].[OH-]. The van der Waals surface area contributed by atoms with Crippen LogP contribution in [0.3, 0.4) is 0 Å². The van der Waals surface area contributed by atoms with Gasteiger partial charge in [0.15, 0.2) is 0 Å². The van der Waals surface area contributed by atoms with Gasteiger partial charge in [0.1, 0.15) is 0 Å². The van der Waals surface area contributed by atoms with Crippen LogP contribution in [0.5, 0.6) is 0 Å². The van der Waals surface area contributed by atoms with Gasteiger partial charge in [-0.25, -0.2) is 4.98 Å². The summed E-state index contributed by atoms with van der Waals surface area (Å²) in [5.41, 5.74) is 0. The summed E-state index contributed by atoms with van der Waals surface area (Å²) >= 11 is 0. The number of rotatable bonds is 0. The number of hydrogen-bond acceptors (Lipinski definition) is 2. The average molecular weight is 138 g/mol. The molecule has 1 rings (SSSR count). The number of imidazole rings is 1. The Balaban J connectivity index is 0. The van der Waals surface area contributed by atoms with Crippen molar-refractivity contribution in [1.29, 1.82) is 0 Å². The molecule has 1 heterocycles. The van der Waals surface area contributed by atoms with Crippen molar-refractivity contribution in [3.05, 3.63) is 18.7 Å². The maximum absolute atomic E-state index is 3.78. The molecule has 4 heteroatoms. The zero-order chi connectivity index (χ0) is 4.41. The minimum Gasteiger partial charge on any atom is -0.870 e. The molecule has 0 aliphatic heterocycles. The molecule has 1 aromatic heterocycles. The molecular weight excluding hydrogens is 131 g/mol. The van der Waals surface area contributed by atoms with Crippen LogP contribution in [-0.4, -0.2) is 15.0 Å². The molecule has 0 radical (unpaired) electrons. The molecule has 0 fully saturated rings. The van der Waals surface area contributed by atoms with Gasteiger partial charge in [-0.3, -0.25) is 0 Å². The van der Waals surface area contributed by atoms with Crippen LogP contribution in [0.25, 0.3) is 0 Å². The van der Waals surface area contributed by atoms with Crippen molar-refractivity contribution >= 4 is 0 Å². The van der Waals surface area contributed by atoms with Crippen LogP contribution in [0.4, 0.5) is 0 Å². The monoisotopic (exact) mass is 138 g/mol. The first-order valence-corrected chi connectivity index (χ1v) is 1.81. The molecule has 0 bridgehead atoms. The molecule has 8 heavy (non-hydrogen) atoms. The minimum atomic E-state index is 0. The molecule has 40 valence electrons. The van der Waals surface area contributed by atoms with Crippen LogP contribution in [0.1, 0.15) is 0 Å². The van der Waals surface area contributed by atoms with Crippen molar-refractivity contribution < 1.29 is 56.9 Å². The molecule has 0 aliphatic rings. The smallest absolute Gasteiger partial charge is 0.870 e. The Morgan fingerprint density at radius 3 is 2.25 bits per heavy atom. The van der Waals surface area contributed by atoms with Gasteiger partial charge in [-0.15, -0.1) is 0 Å². The molecule has 0 saturated carbocycles. The van der Waals surface area contributed by atoms with Crippen LogP contribution < -0.4 is 51.4 Å². The van der Waals surface area contributed by atoms with E-state index in [2.05, 4.69) is 4.98 Å². The van der Waals surface area contributed by atoms with Crippen molar-refractivity contribution in [2.45, 2.75) is 0 Å². The van der Waals surface area contributed by atoms with Crippen molar-refractivity contribution in [2.75, 3.05) is 0 Å². The third kappa shape index (κ3) is 3.77. The summed E-state index contributed by atoms with van der Waals surface area (Å²) in [6.07, 6.45) is 5.39. The zero-order valence-corrected chi connectivity index (χ0v) is 8.20. The maximum Gasteiger partial charge on any atom is 1.00 e. The fraction of sp³-hybridized carbons (Fsp3) is 0.250. The molecule has 1 aromatic rings. The van der Waals surface area contributed by atoms with E-state index < -0.39 is 0 Å². The van der Waals surface area contributed by atoms with Crippen LogP contribution >= 0.6 is 0 Å². The predicted octanol–water partition coefficient (Wildman–Crippen LogP) is -2.75. The van der Waals surface area contributed by atoms with Gasteiger partial charge in [0.25, 0.3) is 0 Å². The Kier molecular flexibility index (Phi) is 8.59. The van der Waals surface area contributed by atoms with E-state index in [9.17, 15) is 0 Å². The summed E-state index contributed by atoms with van der Waals surface area (Å²) in [7, 11) is 1.94. The van der Waals surface area contributed by atoms with Crippen LogP contribution in [0, 0.1) is 0 Å². The standard InChI is InChI=1S/C4H6N2.K.H2O/c1-6-3-2-5-4-6;;/h2-4H,1H3;;1H2/q;+1;/p-1. The average Bonchev–Trinajstić information content (AvgIpc) is 1.86. The van der Waals surface area contributed by atoms with Crippen molar-refractivity contribution in [1.82, 2.24) is 9.55 Å². The van der Waals surface area contributed by atoms with Gasteiger partial charge in [0.2, 0.25) is 0 Å². The summed E-state index contributed by atoms with van der Waals surface area (Å²) < 4.78 is 1.89. The molecular formula is C4H7KN2O. The normalized spacial score (nSPS) is 6.62. The Morgan fingerprint density at radius 2 is 2.12 bits per heavy atom. The third-order valence-electron chi connectivity index (χ3n) is 0.637. The predicted molar refractivity (Wildman–Crippen MR) is 25.1 cm³/mol. The zero-order valence-electron chi connectivity index (χ0n) is 5.07. The largest absolute Gasteiger partial charge is 1.00 e. The van der Waals surface area contributed by atoms with Crippen LogP contribution in [-0.2, 0) is 7.05 Å². The number of aryl methyl sites for hydroxylation is 1. The second kappa shape index (κ2) is 5.93. The first-order chi connectivity index (χ1) is 2.89. The van der Waals surface area contributed by atoms with Gasteiger partial charge in [0, 0.05) is 19.4 Å². The fourth-order valence-corrected chi connectivity index (χ4v) is 0.326. The Labute approximate surface area is 90.8 Å². The first-order valence-electron chi connectivity index (χ1n) is 1.81. The number of aromatic nitrogens is 2. The quantitative estimate of drug-likeness (QED) is 0.365. The summed E-state index contributed by atoms with van der Waals surface area (Å²) in [5.74, 6) is 0. The van der Waals surface area contributed by atoms with E-state index in [-0.39, 0.29) is 56.9 Å². The van der Waals surface area contributed by atoms with Crippen LogP contribution in [0.15, 0.2) is 18.7 Å². The van der Waals surface area contributed by atoms with E-state index in [1.165, 1.54) is 0 Å². The molecule has 0 spiro atoms. The van der Waals surface area contributed by atoms with E-state index in [4.69, 9.17) is 0 Å². The van der Waals surface area contributed by atoms with Crippen LogP contribution in [0.2, 0.25) is 0 Å². The maximum atomic E-state index is 3.78. The molecule has 0 aliphatic carbocycles. The first kappa shape index (κ1) is 11.6. The van der Waals surface area contributed by atoms with Gasteiger partial charge < -0.3 is 10.0 Å². The molecule has 0 unspecified atom stereocenters. The second-order valence-corrected chi connectivity index (χ2v) is 1.23. The minimum absolute atomic E-state index is 0. The summed E-state index contributed by atoms with van der Waals surface area (Å²) in [4.78, 5) is 3.78. The van der Waals surface area contributed by atoms with Crippen molar-refractivity contribution in [2.24, 2.45) is 7.05 Å². The van der Waals surface area contributed by atoms with Crippen molar-refractivity contribution in [3.8, 4) is 0 Å². The van der Waals surface area contributed by atoms with Gasteiger partial charge in [0.05, 0.1) is 6.33 Å². The second-order valence-electron chi connectivity index (χ2n) is 1.23. The Morgan fingerprint density at radius 1 is 1.50 bits per heavy atom.